The van der Waals surface area contributed by atoms with Crippen molar-refractivity contribution in [2.24, 2.45) is 15.4 Å². The number of imide groups is 1. The summed E-state index contributed by atoms with van der Waals surface area (Å²) in [6, 6.07) is 9.95. The van der Waals surface area contributed by atoms with Gasteiger partial charge in [0.15, 0.2) is 11.9 Å². The summed E-state index contributed by atoms with van der Waals surface area (Å²) in [6.07, 6.45) is 5.80. The number of carbonyl (C=O) groups excluding carboxylic acids is 2. The van der Waals surface area contributed by atoms with Crippen molar-refractivity contribution >= 4 is 30.1 Å². The van der Waals surface area contributed by atoms with Gasteiger partial charge in [0.25, 0.3) is 5.91 Å². The standard InChI is InChI=1S/C22H28N8O2/c1-2-16(14-6-4-3-5-7-14)27-20-25-13-22(11-23,10-17-18(31)29-21(32)28-17)12-24-19(30-20)26-15-8-9-15/h3-7,10-11,15-16,23H,2,8-9,12-13H2,1H3,(H2,28,29,31,32)(H3,24,25,26,27,30). The maximum atomic E-state index is 12.0. The lowest BCUT2D eigenvalue weighted by molar-refractivity contribution is -0.115. The van der Waals surface area contributed by atoms with E-state index in [0.717, 1.165) is 24.8 Å². The first-order valence-corrected chi connectivity index (χ1v) is 10.8. The van der Waals surface area contributed by atoms with Gasteiger partial charge in [0, 0.05) is 12.3 Å². The smallest absolute Gasteiger partial charge is 0.326 e. The van der Waals surface area contributed by atoms with Crippen LogP contribution in [0, 0.1) is 10.8 Å². The summed E-state index contributed by atoms with van der Waals surface area (Å²) in [5, 5.41) is 22.8. The minimum atomic E-state index is -0.954. The van der Waals surface area contributed by atoms with Gasteiger partial charge in [-0.2, -0.15) is 0 Å². The van der Waals surface area contributed by atoms with Crippen LogP contribution in [-0.4, -0.2) is 49.2 Å². The molecule has 3 amide bonds. The van der Waals surface area contributed by atoms with Crippen molar-refractivity contribution in [2.75, 3.05) is 13.1 Å². The van der Waals surface area contributed by atoms with Crippen LogP contribution in [0.5, 0.6) is 0 Å². The average molecular weight is 437 g/mol. The fourth-order valence-electron chi connectivity index (χ4n) is 3.54. The molecule has 1 saturated heterocycles. The van der Waals surface area contributed by atoms with Crippen LogP contribution >= 0.6 is 0 Å². The lowest BCUT2D eigenvalue weighted by Crippen LogP contribution is -2.50. The van der Waals surface area contributed by atoms with Crippen LogP contribution in [0.4, 0.5) is 4.79 Å². The van der Waals surface area contributed by atoms with E-state index in [1.807, 2.05) is 18.2 Å². The van der Waals surface area contributed by atoms with E-state index in [2.05, 4.69) is 50.6 Å². The molecule has 2 atom stereocenters. The van der Waals surface area contributed by atoms with Gasteiger partial charge in [-0.3, -0.25) is 25.4 Å². The monoisotopic (exact) mass is 436 g/mol. The molecular formula is C22H28N8O2. The first-order valence-electron chi connectivity index (χ1n) is 10.8. The Morgan fingerprint density at radius 3 is 2.44 bits per heavy atom. The summed E-state index contributed by atoms with van der Waals surface area (Å²) in [5.74, 6) is 0.594. The van der Waals surface area contributed by atoms with Crippen LogP contribution in [-0.2, 0) is 4.79 Å². The SMILES string of the molecule is CCC(NC1=NCC(C=N)(C=C2NC(=O)NC2=O)CN=C(NC2CC2)N1)c1ccccc1. The number of benzene rings is 1. The van der Waals surface area contributed by atoms with E-state index in [1.54, 1.807) is 6.08 Å². The van der Waals surface area contributed by atoms with Gasteiger partial charge in [-0.25, -0.2) is 4.79 Å². The Morgan fingerprint density at radius 1 is 1.12 bits per heavy atom. The summed E-state index contributed by atoms with van der Waals surface area (Å²) < 4.78 is 0. The molecule has 0 bridgehead atoms. The summed E-state index contributed by atoms with van der Waals surface area (Å²) in [4.78, 5) is 32.9. The Bertz CT molecular complexity index is 983. The molecule has 10 heteroatoms. The fourth-order valence-corrected chi connectivity index (χ4v) is 3.54. The molecule has 0 radical (unpaired) electrons. The molecule has 168 valence electrons. The van der Waals surface area contributed by atoms with Gasteiger partial charge in [0.1, 0.15) is 5.70 Å². The summed E-state index contributed by atoms with van der Waals surface area (Å²) >= 11 is 0. The molecule has 2 aliphatic heterocycles. The fraction of sp³-hybridized carbons (Fsp3) is 0.409. The van der Waals surface area contributed by atoms with E-state index in [4.69, 9.17) is 10.4 Å². The topological polar surface area (TPSA) is 143 Å². The molecule has 0 aromatic heterocycles. The van der Waals surface area contributed by atoms with E-state index < -0.39 is 17.4 Å². The second-order valence-electron chi connectivity index (χ2n) is 8.23. The van der Waals surface area contributed by atoms with Crippen LogP contribution in [0.15, 0.2) is 52.1 Å². The Kier molecular flexibility index (Phi) is 6.20. The third-order valence-corrected chi connectivity index (χ3v) is 5.58. The number of nitrogens with one attached hydrogen (secondary N) is 6. The second kappa shape index (κ2) is 9.21. The van der Waals surface area contributed by atoms with E-state index >= 15 is 0 Å². The number of rotatable bonds is 6. The second-order valence-corrected chi connectivity index (χ2v) is 8.23. The zero-order valence-corrected chi connectivity index (χ0v) is 17.9. The highest BCUT2D eigenvalue weighted by molar-refractivity contribution is 6.12. The van der Waals surface area contributed by atoms with E-state index in [9.17, 15) is 9.59 Å². The average Bonchev–Trinajstić information content (AvgIpc) is 3.55. The molecule has 0 spiro atoms. The van der Waals surface area contributed by atoms with Gasteiger partial charge >= 0.3 is 6.03 Å². The number of hydrogen-bond donors (Lipinski definition) is 6. The van der Waals surface area contributed by atoms with Crippen molar-refractivity contribution in [1.82, 2.24) is 26.6 Å². The van der Waals surface area contributed by atoms with Crippen molar-refractivity contribution in [1.29, 1.82) is 5.41 Å². The number of carbonyl (C=O) groups is 2. The highest BCUT2D eigenvalue weighted by atomic mass is 16.2. The maximum absolute atomic E-state index is 12.0. The molecule has 1 aromatic carbocycles. The van der Waals surface area contributed by atoms with Crippen LogP contribution < -0.4 is 26.6 Å². The molecule has 3 aliphatic rings. The zero-order valence-electron chi connectivity index (χ0n) is 17.9. The highest BCUT2D eigenvalue weighted by Crippen LogP contribution is 2.23. The Labute approximate surface area is 186 Å². The normalized spacial score (nSPS) is 25.3. The predicted octanol–water partition coefficient (Wildman–Crippen LogP) is 1.15. The molecule has 1 aliphatic carbocycles. The molecule has 6 N–H and O–H groups in total. The van der Waals surface area contributed by atoms with Crippen LogP contribution in [0.3, 0.4) is 0 Å². The Morgan fingerprint density at radius 2 is 1.84 bits per heavy atom. The number of amides is 3. The third-order valence-electron chi connectivity index (χ3n) is 5.58. The largest absolute Gasteiger partial charge is 0.353 e. The van der Waals surface area contributed by atoms with Crippen molar-refractivity contribution < 1.29 is 9.59 Å². The van der Waals surface area contributed by atoms with Crippen molar-refractivity contribution in [3.63, 3.8) is 0 Å². The van der Waals surface area contributed by atoms with Gasteiger partial charge in [0.05, 0.1) is 24.5 Å². The van der Waals surface area contributed by atoms with Crippen LogP contribution in [0.1, 0.15) is 37.8 Å². The Balaban J connectivity index is 1.62. The van der Waals surface area contributed by atoms with Gasteiger partial charge in [-0.05, 0) is 30.9 Å². The first kappa shape index (κ1) is 21.5. The summed E-state index contributed by atoms with van der Waals surface area (Å²) in [7, 11) is 0. The van der Waals surface area contributed by atoms with Crippen molar-refractivity contribution in [3.8, 4) is 0 Å². The predicted molar refractivity (Wildman–Crippen MR) is 122 cm³/mol. The zero-order chi connectivity index (χ0) is 22.6. The molecule has 10 nitrogen and oxygen atoms in total. The van der Waals surface area contributed by atoms with Crippen molar-refractivity contribution in [3.05, 3.63) is 47.7 Å². The van der Waals surface area contributed by atoms with Crippen molar-refractivity contribution in [2.45, 2.75) is 38.3 Å². The molecule has 4 rings (SSSR count). The number of aliphatic imine (C=N–C) groups is 2. The highest BCUT2D eigenvalue weighted by Gasteiger charge is 2.33. The van der Waals surface area contributed by atoms with E-state index in [0.29, 0.717) is 18.0 Å². The number of nitrogens with zero attached hydrogens (tertiary/aromatic N) is 2. The summed E-state index contributed by atoms with van der Waals surface area (Å²) in [5.41, 5.74) is 0.296. The van der Waals surface area contributed by atoms with Crippen LogP contribution in [0.25, 0.3) is 0 Å². The van der Waals surface area contributed by atoms with Gasteiger partial charge < -0.3 is 21.4 Å². The molecule has 2 unspecified atom stereocenters. The molecule has 1 aromatic rings. The van der Waals surface area contributed by atoms with Gasteiger partial charge in [-0.1, -0.05) is 37.3 Å². The van der Waals surface area contributed by atoms with E-state index in [-0.39, 0.29) is 24.8 Å². The van der Waals surface area contributed by atoms with E-state index in [1.165, 1.54) is 6.21 Å². The number of hydrogen-bond acceptors (Lipinski definition) is 8. The first-order chi connectivity index (χ1) is 15.5. The Hall–Kier alpha value is -3.69. The molecule has 2 fully saturated rings. The van der Waals surface area contributed by atoms with Gasteiger partial charge in [0.2, 0.25) is 0 Å². The maximum Gasteiger partial charge on any atom is 0.326 e. The lowest BCUT2D eigenvalue weighted by Gasteiger charge is -2.28. The third kappa shape index (κ3) is 5.13. The lowest BCUT2D eigenvalue weighted by atomic mass is 9.88. The van der Waals surface area contributed by atoms with Crippen LogP contribution in [0.2, 0.25) is 0 Å². The van der Waals surface area contributed by atoms with Gasteiger partial charge in [-0.15, -0.1) is 0 Å². The number of guanidine groups is 2. The molecule has 32 heavy (non-hydrogen) atoms. The summed E-state index contributed by atoms with van der Waals surface area (Å²) in [6.45, 7) is 2.49. The minimum Gasteiger partial charge on any atom is -0.353 e. The number of urea groups is 1. The molecular weight excluding hydrogens is 408 g/mol. The molecule has 1 saturated carbocycles. The quantitative estimate of drug-likeness (QED) is 0.225. The molecule has 2 heterocycles. The minimum absolute atomic E-state index is 0.0386.